The van der Waals surface area contributed by atoms with Crippen LogP contribution in [0.5, 0.6) is 0 Å². The van der Waals surface area contributed by atoms with Crippen molar-refractivity contribution < 1.29 is 22.4 Å². The Kier molecular flexibility index (Phi) is 3.33. The highest BCUT2D eigenvalue weighted by atomic mass is 19.4. The van der Waals surface area contributed by atoms with E-state index in [-0.39, 0.29) is 5.69 Å². The maximum atomic E-state index is 13.1. The van der Waals surface area contributed by atoms with Gasteiger partial charge < -0.3 is 0 Å². The van der Waals surface area contributed by atoms with E-state index in [1.54, 1.807) is 0 Å². The van der Waals surface area contributed by atoms with Gasteiger partial charge in [-0.05, 0) is 30.3 Å². The molecule has 2 nitrogen and oxygen atoms in total. The maximum Gasteiger partial charge on any atom is 0.417 e. The van der Waals surface area contributed by atoms with Crippen LogP contribution >= 0.6 is 0 Å². The van der Waals surface area contributed by atoms with Gasteiger partial charge in [0.1, 0.15) is 11.5 Å². The van der Waals surface area contributed by atoms with Crippen molar-refractivity contribution in [1.82, 2.24) is 4.98 Å². The van der Waals surface area contributed by atoms with Crippen LogP contribution < -0.4 is 0 Å². The van der Waals surface area contributed by atoms with Crippen LogP contribution in [0.25, 0.3) is 0 Å². The normalized spacial score (nSPS) is 11.4. The summed E-state index contributed by atoms with van der Waals surface area (Å²) in [5, 5.41) is 0. The van der Waals surface area contributed by atoms with E-state index in [0.29, 0.717) is 18.2 Å². The van der Waals surface area contributed by atoms with Crippen molar-refractivity contribution in [1.29, 1.82) is 0 Å². The number of alkyl halides is 3. The lowest BCUT2D eigenvalue weighted by atomic mass is 10.0. The fourth-order valence-electron chi connectivity index (χ4n) is 1.59. The number of hydrogen-bond donors (Lipinski definition) is 0. The molecule has 0 bridgehead atoms. The van der Waals surface area contributed by atoms with Crippen LogP contribution in [-0.2, 0) is 6.18 Å². The largest absolute Gasteiger partial charge is 0.417 e. The van der Waals surface area contributed by atoms with Crippen molar-refractivity contribution in [2.24, 2.45) is 0 Å². The highest BCUT2D eigenvalue weighted by Gasteiger charge is 2.35. The van der Waals surface area contributed by atoms with Gasteiger partial charge in [0.2, 0.25) is 5.78 Å². The summed E-state index contributed by atoms with van der Waals surface area (Å²) in [6.07, 6.45) is -3.45. The Morgan fingerprint density at radius 3 is 2.42 bits per heavy atom. The van der Waals surface area contributed by atoms with E-state index < -0.39 is 28.9 Å². The van der Waals surface area contributed by atoms with Crippen molar-refractivity contribution >= 4 is 5.78 Å². The lowest BCUT2D eigenvalue weighted by Crippen LogP contribution is -2.15. The van der Waals surface area contributed by atoms with Crippen LogP contribution in [0.4, 0.5) is 17.6 Å². The molecule has 98 valence electrons. The highest BCUT2D eigenvalue weighted by molar-refractivity contribution is 6.08. The molecule has 0 radical (unpaired) electrons. The molecular formula is C13H7F4NO. The molecule has 0 aliphatic rings. The van der Waals surface area contributed by atoms with Crippen LogP contribution in [0.2, 0.25) is 0 Å². The second-order valence-corrected chi connectivity index (χ2v) is 3.73. The molecular weight excluding hydrogens is 262 g/mol. The third kappa shape index (κ3) is 2.78. The number of carbonyl (C=O) groups excluding carboxylic acids is 1. The van der Waals surface area contributed by atoms with Crippen molar-refractivity contribution in [2.45, 2.75) is 6.18 Å². The average molecular weight is 269 g/mol. The van der Waals surface area contributed by atoms with Gasteiger partial charge in [0.05, 0.1) is 5.56 Å². The molecule has 19 heavy (non-hydrogen) atoms. The van der Waals surface area contributed by atoms with Gasteiger partial charge in [-0.1, -0.05) is 6.07 Å². The Morgan fingerprint density at radius 1 is 1.11 bits per heavy atom. The first kappa shape index (κ1) is 13.2. The first-order chi connectivity index (χ1) is 8.89. The van der Waals surface area contributed by atoms with Gasteiger partial charge in [0.25, 0.3) is 0 Å². The minimum Gasteiger partial charge on any atom is -0.287 e. The molecule has 6 heteroatoms. The second kappa shape index (κ2) is 4.79. The molecule has 0 spiro atoms. The summed E-state index contributed by atoms with van der Waals surface area (Å²) in [5.74, 6) is -1.88. The third-order valence-electron chi connectivity index (χ3n) is 2.43. The molecule has 0 aliphatic heterocycles. The van der Waals surface area contributed by atoms with Crippen LogP contribution in [0, 0.1) is 5.82 Å². The molecule has 1 heterocycles. The number of pyridine rings is 1. The summed E-state index contributed by atoms with van der Waals surface area (Å²) in [7, 11) is 0. The van der Waals surface area contributed by atoms with Gasteiger partial charge in [-0.2, -0.15) is 13.2 Å². The van der Waals surface area contributed by atoms with Crippen molar-refractivity contribution in [3.05, 3.63) is 65.2 Å². The molecule has 1 aromatic carbocycles. The lowest BCUT2D eigenvalue weighted by molar-refractivity contribution is -0.137. The molecule has 0 unspecified atom stereocenters. The first-order valence-electron chi connectivity index (χ1n) is 5.22. The smallest absolute Gasteiger partial charge is 0.287 e. The van der Waals surface area contributed by atoms with E-state index >= 15 is 0 Å². The maximum absolute atomic E-state index is 13.1. The van der Waals surface area contributed by atoms with Crippen LogP contribution in [0.15, 0.2) is 42.6 Å². The molecule has 1 aromatic heterocycles. The quantitative estimate of drug-likeness (QED) is 0.617. The lowest BCUT2D eigenvalue weighted by Gasteiger charge is -2.11. The molecule has 0 saturated heterocycles. The summed E-state index contributed by atoms with van der Waals surface area (Å²) in [6, 6.07) is 6.04. The zero-order valence-corrected chi connectivity index (χ0v) is 9.41. The van der Waals surface area contributed by atoms with Crippen molar-refractivity contribution in [3.8, 4) is 0 Å². The topological polar surface area (TPSA) is 30.0 Å². The fraction of sp³-hybridized carbons (Fsp3) is 0.0769. The summed E-state index contributed by atoms with van der Waals surface area (Å²) < 4.78 is 51.4. The molecule has 0 N–H and O–H groups in total. The van der Waals surface area contributed by atoms with Gasteiger partial charge in [0, 0.05) is 11.8 Å². The Bertz CT molecular complexity index is 608. The van der Waals surface area contributed by atoms with E-state index in [1.165, 1.54) is 24.4 Å². The predicted octanol–water partition coefficient (Wildman–Crippen LogP) is 3.47. The number of aromatic nitrogens is 1. The van der Waals surface area contributed by atoms with E-state index in [0.717, 1.165) is 0 Å². The number of rotatable bonds is 2. The second-order valence-electron chi connectivity index (χ2n) is 3.73. The van der Waals surface area contributed by atoms with Gasteiger partial charge in [0.15, 0.2) is 0 Å². The van der Waals surface area contributed by atoms with E-state index in [9.17, 15) is 22.4 Å². The van der Waals surface area contributed by atoms with E-state index in [2.05, 4.69) is 4.98 Å². The number of nitrogens with zero attached hydrogens (tertiary/aromatic N) is 1. The molecule has 2 aromatic rings. The molecule has 0 aliphatic carbocycles. The van der Waals surface area contributed by atoms with Crippen molar-refractivity contribution in [2.75, 3.05) is 0 Å². The molecule has 0 atom stereocenters. The third-order valence-corrected chi connectivity index (χ3v) is 2.43. The average Bonchev–Trinajstić information content (AvgIpc) is 2.37. The SMILES string of the molecule is O=C(c1ccccn1)c1cc(F)ccc1C(F)(F)F. The molecule has 2 rings (SSSR count). The number of benzene rings is 1. The Hall–Kier alpha value is -2.24. The molecule has 0 saturated carbocycles. The highest BCUT2D eigenvalue weighted by Crippen LogP contribution is 2.33. The summed E-state index contributed by atoms with van der Waals surface area (Å²) in [4.78, 5) is 15.6. The summed E-state index contributed by atoms with van der Waals surface area (Å²) in [6.45, 7) is 0. The first-order valence-corrected chi connectivity index (χ1v) is 5.22. The van der Waals surface area contributed by atoms with E-state index in [1.807, 2.05) is 0 Å². The standard InChI is InChI=1S/C13H7F4NO/c14-8-4-5-10(13(15,16)17)9(7-8)12(19)11-3-1-2-6-18-11/h1-7H. The van der Waals surface area contributed by atoms with E-state index in [4.69, 9.17) is 0 Å². The van der Waals surface area contributed by atoms with Crippen LogP contribution in [0.1, 0.15) is 21.6 Å². The predicted molar refractivity (Wildman–Crippen MR) is 59.1 cm³/mol. The van der Waals surface area contributed by atoms with Gasteiger partial charge in [-0.15, -0.1) is 0 Å². The zero-order valence-electron chi connectivity index (χ0n) is 9.41. The Balaban J connectivity index is 2.56. The van der Waals surface area contributed by atoms with Gasteiger partial charge >= 0.3 is 6.18 Å². The minimum absolute atomic E-state index is 0.168. The zero-order chi connectivity index (χ0) is 14.0. The Morgan fingerprint density at radius 2 is 1.84 bits per heavy atom. The monoisotopic (exact) mass is 269 g/mol. The minimum atomic E-state index is -4.73. The number of hydrogen-bond acceptors (Lipinski definition) is 2. The van der Waals surface area contributed by atoms with Crippen LogP contribution in [0.3, 0.4) is 0 Å². The number of halogens is 4. The molecule has 0 fully saturated rings. The number of carbonyl (C=O) groups is 1. The number of ketones is 1. The Labute approximate surface area is 105 Å². The van der Waals surface area contributed by atoms with Crippen molar-refractivity contribution in [3.63, 3.8) is 0 Å². The van der Waals surface area contributed by atoms with Gasteiger partial charge in [-0.25, -0.2) is 4.39 Å². The summed E-state index contributed by atoms with van der Waals surface area (Å²) in [5.41, 5.74) is -2.09. The molecule has 0 amide bonds. The van der Waals surface area contributed by atoms with Gasteiger partial charge in [-0.3, -0.25) is 9.78 Å². The van der Waals surface area contributed by atoms with Crippen LogP contribution in [-0.4, -0.2) is 10.8 Å². The summed E-state index contributed by atoms with van der Waals surface area (Å²) >= 11 is 0. The fourth-order valence-corrected chi connectivity index (χ4v) is 1.59.